The van der Waals surface area contributed by atoms with Crippen molar-refractivity contribution in [2.24, 2.45) is 0 Å². The van der Waals surface area contributed by atoms with Crippen molar-refractivity contribution in [3.05, 3.63) is 0 Å². The molecule has 16 heavy (non-hydrogen) atoms. The van der Waals surface area contributed by atoms with E-state index in [-0.39, 0.29) is 6.42 Å². The van der Waals surface area contributed by atoms with Gasteiger partial charge < -0.3 is 20.0 Å². The van der Waals surface area contributed by atoms with E-state index in [1.54, 1.807) is 20.8 Å². The predicted molar refractivity (Wildman–Crippen MR) is 57.7 cm³/mol. The molecule has 0 aliphatic rings. The average molecular weight is 230 g/mol. The molecule has 0 saturated carbocycles. The number of carboxylic acid groups (broad SMARTS) is 1. The molecule has 0 unspecified atom stereocenters. The Hall–Kier alpha value is -1.26. The normalized spacial score (nSPS) is 13.0. The number of amides is 1. The summed E-state index contributed by atoms with van der Waals surface area (Å²) in [6.07, 6.45) is 0.598. The SMILES string of the molecule is CCC[C@@H](CC(=O)[O-])NC(=O)OC(C)(C)C. The zero-order valence-corrected chi connectivity index (χ0v) is 10.3. The standard InChI is InChI=1S/C11H21NO4/c1-5-6-8(7-9(13)14)12-10(15)16-11(2,3)4/h8H,5-7H2,1-4H3,(H,12,15)(H,13,14)/p-1/t8-/m0/s1. The molecular formula is C11H20NO4-. The lowest BCUT2D eigenvalue weighted by Gasteiger charge is -2.23. The second-order valence-electron chi connectivity index (χ2n) is 4.71. The molecule has 0 heterocycles. The molecular weight excluding hydrogens is 210 g/mol. The van der Waals surface area contributed by atoms with Crippen LogP contribution in [0.1, 0.15) is 47.0 Å². The van der Waals surface area contributed by atoms with Gasteiger partial charge in [0.25, 0.3) is 0 Å². The summed E-state index contributed by atoms with van der Waals surface area (Å²) in [5.41, 5.74) is -0.581. The van der Waals surface area contributed by atoms with E-state index in [1.165, 1.54) is 0 Å². The minimum Gasteiger partial charge on any atom is -0.550 e. The van der Waals surface area contributed by atoms with Crippen molar-refractivity contribution in [2.75, 3.05) is 0 Å². The Kier molecular flexibility index (Phi) is 5.85. The molecule has 0 aliphatic heterocycles. The van der Waals surface area contributed by atoms with Crippen LogP contribution in [0.3, 0.4) is 0 Å². The smallest absolute Gasteiger partial charge is 0.407 e. The van der Waals surface area contributed by atoms with Gasteiger partial charge in [-0.2, -0.15) is 0 Å². The number of hydrogen-bond acceptors (Lipinski definition) is 4. The molecule has 0 aliphatic carbocycles. The van der Waals surface area contributed by atoms with Gasteiger partial charge in [-0.1, -0.05) is 13.3 Å². The van der Waals surface area contributed by atoms with Gasteiger partial charge >= 0.3 is 6.09 Å². The molecule has 0 saturated heterocycles. The fourth-order valence-corrected chi connectivity index (χ4v) is 1.25. The molecule has 5 nitrogen and oxygen atoms in total. The topological polar surface area (TPSA) is 78.5 Å². The molecule has 1 atom stereocenters. The number of rotatable bonds is 5. The summed E-state index contributed by atoms with van der Waals surface area (Å²) in [5, 5.41) is 13.0. The molecule has 5 heteroatoms. The molecule has 0 spiro atoms. The summed E-state index contributed by atoms with van der Waals surface area (Å²) in [6, 6.07) is -0.426. The number of carboxylic acids is 1. The van der Waals surface area contributed by atoms with Crippen LogP contribution in [0.15, 0.2) is 0 Å². The minimum atomic E-state index is -1.17. The third-order valence-corrected chi connectivity index (χ3v) is 1.77. The van der Waals surface area contributed by atoms with Gasteiger partial charge in [-0.25, -0.2) is 4.79 Å². The van der Waals surface area contributed by atoms with E-state index >= 15 is 0 Å². The molecule has 94 valence electrons. The summed E-state index contributed by atoms with van der Waals surface area (Å²) in [6.45, 7) is 7.17. The van der Waals surface area contributed by atoms with Crippen LogP contribution >= 0.6 is 0 Å². The number of nitrogens with one attached hydrogen (secondary N) is 1. The van der Waals surface area contributed by atoms with Gasteiger partial charge in [0.2, 0.25) is 0 Å². The quantitative estimate of drug-likeness (QED) is 0.758. The number of aliphatic carboxylic acids is 1. The zero-order chi connectivity index (χ0) is 12.8. The van der Waals surface area contributed by atoms with Gasteiger partial charge in [0.1, 0.15) is 5.60 Å². The van der Waals surface area contributed by atoms with Gasteiger partial charge in [0.15, 0.2) is 0 Å². The summed E-state index contributed by atoms with van der Waals surface area (Å²) >= 11 is 0. The van der Waals surface area contributed by atoms with Crippen LogP contribution in [0.2, 0.25) is 0 Å². The Labute approximate surface area is 96.2 Å². The minimum absolute atomic E-state index is 0.187. The number of hydrogen-bond donors (Lipinski definition) is 1. The second-order valence-corrected chi connectivity index (χ2v) is 4.71. The van der Waals surface area contributed by atoms with Crippen LogP contribution in [0.5, 0.6) is 0 Å². The molecule has 1 amide bonds. The monoisotopic (exact) mass is 230 g/mol. The number of alkyl carbamates (subject to hydrolysis) is 1. The van der Waals surface area contributed by atoms with E-state index in [9.17, 15) is 14.7 Å². The molecule has 0 radical (unpaired) electrons. The van der Waals surface area contributed by atoms with Crippen molar-refractivity contribution in [3.8, 4) is 0 Å². The Morgan fingerprint density at radius 2 is 1.94 bits per heavy atom. The zero-order valence-electron chi connectivity index (χ0n) is 10.3. The first-order chi connectivity index (χ1) is 7.24. The van der Waals surface area contributed by atoms with Crippen LogP contribution in [-0.4, -0.2) is 23.7 Å². The molecule has 1 N–H and O–H groups in total. The Morgan fingerprint density at radius 1 is 1.38 bits per heavy atom. The molecule has 0 rings (SSSR count). The van der Waals surface area contributed by atoms with E-state index < -0.39 is 23.7 Å². The van der Waals surface area contributed by atoms with Gasteiger partial charge in [-0.15, -0.1) is 0 Å². The van der Waals surface area contributed by atoms with Gasteiger partial charge in [-0.3, -0.25) is 0 Å². The third-order valence-electron chi connectivity index (χ3n) is 1.77. The van der Waals surface area contributed by atoms with Crippen molar-refractivity contribution in [2.45, 2.75) is 58.6 Å². The maximum Gasteiger partial charge on any atom is 0.407 e. The van der Waals surface area contributed by atoms with Gasteiger partial charge in [0, 0.05) is 18.4 Å². The third kappa shape index (κ3) is 8.08. The lowest BCUT2D eigenvalue weighted by atomic mass is 10.1. The molecule has 0 fully saturated rings. The Morgan fingerprint density at radius 3 is 2.31 bits per heavy atom. The van der Waals surface area contributed by atoms with Crippen molar-refractivity contribution >= 4 is 12.1 Å². The van der Waals surface area contributed by atoms with Crippen LogP contribution in [0, 0.1) is 0 Å². The highest BCUT2D eigenvalue weighted by molar-refractivity contribution is 5.70. The van der Waals surface area contributed by atoms with Crippen molar-refractivity contribution in [1.82, 2.24) is 5.32 Å². The van der Waals surface area contributed by atoms with E-state index in [0.717, 1.165) is 6.42 Å². The van der Waals surface area contributed by atoms with Gasteiger partial charge in [0.05, 0.1) is 0 Å². The molecule has 0 aromatic heterocycles. The average Bonchev–Trinajstić information content (AvgIpc) is 1.98. The van der Waals surface area contributed by atoms with Gasteiger partial charge in [-0.05, 0) is 27.2 Å². The lowest BCUT2D eigenvalue weighted by molar-refractivity contribution is -0.306. The molecule has 0 bridgehead atoms. The fourth-order valence-electron chi connectivity index (χ4n) is 1.25. The first-order valence-electron chi connectivity index (χ1n) is 5.44. The summed E-state index contributed by atoms with van der Waals surface area (Å²) in [4.78, 5) is 21.8. The van der Waals surface area contributed by atoms with Crippen LogP contribution in [0.4, 0.5) is 4.79 Å². The van der Waals surface area contributed by atoms with Crippen LogP contribution in [-0.2, 0) is 9.53 Å². The number of carbonyl (C=O) groups is 2. The summed E-state index contributed by atoms with van der Waals surface area (Å²) in [7, 11) is 0. The van der Waals surface area contributed by atoms with Crippen LogP contribution < -0.4 is 10.4 Å². The Balaban J connectivity index is 4.17. The number of ether oxygens (including phenoxy) is 1. The summed E-state index contributed by atoms with van der Waals surface area (Å²) in [5.74, 6) is -1.17. The Bertz CT molecular complexity index is 245. The first kappa shape index (κ1) is 14.7. The van der Waals surface area contributed by atoms with Crippen LogP contribution in [0.25, 0.3) is 0 Å². The lowest BCUT2D eigenvalue weighted by Crippen LogP contribution is -2.42. The van der Waals surface area contributed by atoms with E-state index in [2.05, 4.69) is 5.32 Å². The largest absolute Gasteiger partial charge is 0.550 e. The highest BCUT2D eigenvalue weighted by Crippen LogP contribution is 2.08. The molecule has 0 aromatic carbocycles. The molecule has 0 aromatic rings. The van der Waals surface area contributed by atoms with E-state index in [4.69, 9.17) is 4.74 Å². The van der Waals surface area contributed by atoms with E-state index in [0.29, 0.717) is 6.42 Å². The summed E-state index contributed by atoms with van der Waals surface area (Å²) < 4.78 is 5.03. The van der Waals surface area contributed by atoms with Crippen molar-refractivity contribution in [1.29, 1.82) is 0 Å². The fraction of sp³-hybridized carbons (Fsp3) is 0.818. The van der Waals surface area contributed by atoms with Crippen molar-refractivity contribution < 1.29 is 19.4 Å². The maximum absolute atomic E-state index is 11.4. The van der Waals surface area contributed by atoms with E-state index in [1.807, 2.05) is 6.92 Å². The van der Waals surface area contributed by atoms with Crippen molar-refractivity contribution in [3.63, 3.8) is 0 Å². The second kappa shape index (κ2) is 6.35. The highest BCUT2D eigenvalue weighted by atomic mass is 16.6. The number of carbonyl (C=O) groups excluding carboxylic acids is 2. The predicted octanol–water partition coefficient (Wildman–Crippen LogP) is 0.820. The first-order valence-corrected chi connectivity index (χ1v) is 5.44. The maximum atomic E-state index is 11.4. The highest BCUT2D eigenvalue weighted by Gasteiger charge is 2.19.